The topological polar surface area (TPSA) is 38.8 Å². The van der Waals surface area contributed by atoms with Crippen molar-refractivity contribution in [2.24, 2.45) is 10.8 Å². The lowest BCUT2D eigenvalue weighted by molar-refractivity contribution is -0.155. The van der Waals surface area contributed by atoms with Gasteiger partial charge in [0.05, 0.1) is 12.0 Å². The summed E-state index contributed by atoms with van der Waals surface area (Å²) in [4.78, 5) is 12.3. The number of ether oxygens (including phenoxy) is 2. The van der Waals surface area contributed by atoms with Crippen LogP contribution in [0.2, 0.25) is 0 Å². The predicted molar refractivity (Wildman–Crippen MR) is 90.7 cm³/mol. The van der Waals surface area contributed by atoms with Crippen molar-refractivity contribution in [3.05, 3.63) is 24.3 Å². The highest BCUT2D eigenvalue weighted by Gasteiger charge is 2.34. The molecule has 2 atom stereocenters. The van der Waals surface area contributed by atoms with E-state index in [1.54, 1.807) is 0 Å². The lowest BCUT2D eigenvalue weighted by atomic mass is 9.82. The van der Waals surface area contributed by atoms with Crippen LogP contribution in [0.15, 0.2) is 24.3 Å². The summed E-state index contributed by atoms with van der Waals surface area (Å²) < 4.78 is 10.5. The molecule has 22 heavy (non-hydrogen) atoms. The SMILES string of the molecule is C=CC(C)(C)CCC(C)=CCC(C)(CC)C(=O)OCC1CO1. The molecule has 0 aromatic carbocycles. The van der Waals surface area contributed by atoms with Gasteiger partial charge in [0.2, 0.25) is 0 Å². The lowest BCUT2D eigenvalue weighted by Gasteiger charge is -2.25. The number of hydrogen-bond donors (Lipinski definition) is 0. The number of allylic oxidation sites excluding steroid dienone is 3. The molecule has 0 N–H and O–H groups in total. The minimum Gasteiger partial charge on any atom is -0.462 e. The molecule has 1 aliphatic heterocycles. The Bertz CT molecular complexity index is 418. The van der Waals surface area contributed by atoms with Gasteiger partial charge in [-0.1, -0.05) is 38.5 Å². The third kappa shape index (κ3) is 6.35. The van der Waals surface area contributed by atoms with Crippen molar-refractivity contribution in [2.75, 3.05) is 13.2 Å². The van der Waals surface area contributed by atoms with Crippen LogP contribution < -0.4 is 0 Å². The molecule has 126 valence electrons. The molecular weight excluding hydrogens is 276 g/mol. The molecule has 0 aromatic rings. The van der Waals surface area contributed by atoms with Crippen LogP contribution in [-0.4, -0.2) is 25.3 Å². The van der Waals surface area contributed by atoms with E-state index in [9.17, 15) is 4.79 Å². The number of hydrogen-bond acceptors (Lipinski definition) is 3. The van der Waals surface area contributed by atoms with Crippen LogP contribution in [0, 0.1) is 10.8 Å². The van der Waals surface area contributed by atoms with E-state index < -0.39 is 5.41 Å². The Labute approximate surface area is 135 Å². The van der Waals surface area contributed by atoms with Gasteiger partial charge in [-0.25, -0.2) is 0 Å². The lowest BCUT2D eigenvalue weighted by Crippen LogP contribution is -2.30. The summed E-state index contributed by atoms with van der Waals surface area (Å²) in [5, 5.41) is 0. The molecule has 2 unspecified atom stereocenters. The Morgan fingerprint density at radius 2 is 2.05 bits per heavy atom. The molecule has 0 bridgehead atoms. The van der Waals surface area contributed by atoms with Crippen molar-refractivity contribution in [2.45, 2.75) is 66.4 Å². The molecule has 3 heteroatoms. The molecule has 1 saturated heterocycles. The van der Waals surface area contributed by atoms with Crippen molar-refractivity contribution in [3.63, 3.8) is 0 Å². The fraction of sp³-hybridized carbons (Fsp3) is 0.737. The van der Waals surface area contributed by atoms with Crippen LogP contribution in [0.3, 0.4) is 0 Å². The molecule has 0 radical (unpaired) electrons. The summed E-state index contributed by atoms with van der Waals surface area (Å²) in [6, 6.07) is 0. The summed E-state index contributed by atoms with van der Waals surface area (Å²) in [6.45, 7) is 15.5. The summed E-state index contributed by atoms with van der Waals surface area (Å²) in [6.07, 6.45) is 7.94. The van der Waals surface area contributed by atoms with E-state index >= 15 is 0 Å². The van der Waals surface area contributed by atoms with Gasteiger partial charge in [0, 0.05) is 0 Å². The second kappa shape index (κ2) is 7.96. The standard InChI is InChI=1S/C19H32O3/c1-7-18(4,5)11-9-15(3)10-12-19(6,8-2)17(20)22-14-16-13-21-16/h7,10,16H,1,8-9,11-14H2,2-6H3. The summed E-state index contributed by atoms with van der Waals surface area (Å²) in [5.41, 5.74) is 1.05. The van der Waals surface area contributed by atoms with Crippen LogP contribution in [0.1, 0.15) is 60.3 Å². The summed E-state index contributed by atoms with van der Waals surface area (Å²) in [7, 11) is 0. The molecule has 1 rings (SSSR count). The van der Waals surface area contributed by atoms with Gasteiger partial charge in [-0.2, -0.15) is 0 Å². The number of esters is 1. The Balaban J connectivity index is 2.49. The summed E-state index contributed by atoms with van der Waals surface area (Å²) >= 11 is 0. The van der Waals surface area contributed by atoms with E-state index in [1.807, 2.05) is 19.9 Å². The maximum Gasteiger partial charge on any atom is 0.312 e. The quantitative estimate of drug-likeness (QED) is 0.334. The zero-order valence-corrected chi connectivity index (χ0v) is 14.9. The van der Waals surface area contributed by atoms with Gasteiger partial charge in [-0.3, -0.25) is 4.79 Å². The highest BCUT2D eigenvalue weighted by Crippen LogP contribution is 2.31. The number of carbonyl (C=O) groups is 1. The second-order valence-electron chi connectivity index (χ2n) is 7.42. The maximum atomic E-state index is 12.3. The molecule has 0 aromatic heterocycles. The maximum absolute atomic E-state index is 12.3. The minimum absolute atomic E-state index is 0.110. The first-order valence-corrected chi connectivity index (χ1v) is 8.30. The highest BCUT2D eigenvalue weighted by atomic mass is 16.6. The largest absolute Gasteiger partial charge is 0.462 e. The van der Waals surface area contributed by atoms with Gasteiger partial charge in [-0.15, -0.1) is 6.58 Å². The number of epoxide rings is 1. The Hall–Kier alpha value is -1.09. The first kappa shape index (κ1) is 19.0. The number of carbonyl (C=O) groups excluding carboxylic acids is 1. The first-order chi connectivity index (χ1) is 10.2. The van der Waals surface area contributed by atoms with Gasteiger partial charge in [-0.05, 0) is 44.9 Å². The summed E-state index contributed by atoms with van der Waals surface area (Å²) in [5.74, 6) is -0.110. The van der Waals surface area contributed by atoms with Crippen LogP contribution in [0.25, 0.3) is 0 Å². The fourth-order valence-electron chi connectivity index (χ4n) is 2.00. The van der Waals surface area contributed by atoms with E-state index in [1.165, 1.54) is 5.57 Å². The normalized spacial score (nSPS) is 21.1. The van der Waals surface area contributed by atoms with Crippen LogP contribution in [0.5, 0.6) is 0 Å². The van der Waals surface area contributed by atoms with Crippen LogP contribution in [0.4, 0.5) is 0 Å². The van der Waals surface area contributed by atoms with Gasteiger partial charge in [0.1, 0.15) is 12.7 Å². The van der Waals surface area contributed by atoms with Gasteiger partial charge in [0.25, 0.3) is 0 Å². The third-order valence-corrected chi connectivity index (χ3v) is 4.69. The predicted octanol–water partition coefficient (Wildman–Crippen LogP) is 4.67. The zero-order valence-electron chi connectivity index (χ0n) is 14.9. The van der Waals surface area contributed by atoms with E-state index in [0.717, 1.165) is 25.7 Å². The molecule has 1 fully saturated rings. The van der Waals surface area contributed by atoms with Gasteiger partial charge in [0.15, 0.2) is 0 Å². The zero-order chi connectivity index (χ0) is 16.8. The van der Waals surface area contributed by atoms with Crippen molar-refractivity contribution in [1.82, 2.24) is 0 Å². The first-order valence-electron chi connectivity index (χ1n) is 8.30. The monoisotopic (exact) mass is 308 g/mol. The molecule has 0 saturated carbocycles. The average Bonchev–Trinajstić information content (AvgIpc) is 3.32. The van der Waals surface area contributed by atoms with Crippen molar-refractivity contribution in [3.8, 4) is 0 Å². The van der Waals surface area contributed by atoms with Crippen molar-refractivity contribution in [1.29, 1.82) is 0 Å². The third-order valence-electron chi connectivity index (χ3n) is 4.69. The molecular formula is C19H32O3. The Morgan fingerprint density at radius 1 is 1.41 bits per heavy atom. The van der Waals surface area contributed by atoms with Crippen molar-refractivity contribution < 1.29 is 14.3 Å². The fourth-order valence-corrected chi connectivity index (χ4v) is 2.00. The minimum atomic E-state index is -0.440. The van der Waals surface area contributed by atoms with Crippen LogP contribution >= 0.6 is 0 Å². The molecule has 1 aliphatic rings. The second-order valence-corrected chi connectivity index (χ2v) is 7.42. The van der Waals surface area contributed by atoms with E-state index in [0.29, 0.717) is 13.2 Å². The Morgan fingerprint density at radius 3 is 2.55 bits per heavy atom. The molecule has 0 amide bonds. The molecule has 0 spiro atoms. The highest BCUT2D eigenvalue weighted by molar-refractivity contribution is 5.76. The van der Waals surface area contributed by atoms with Gasteiger partial charge >= 0.3 is 5.97 Å². The Kier molecular flexibility index (Phi) is 6.86. The molecule has 3 nitrogen and oxygen atoms in total. The number of rotatable bonds is 10. The van der Waals surface area contributed by atoms with Gasteiger partial charge < -0.3 is 9.47 Å². The smallest absolute Gasteiger partial charge is 0.312 e. The van der Waals surface area contributed by atoms with E-state index in [2.05, 4.69) is 33.4 Å². The average molecular weight is 308 g/mol. The molecule has 1 heterocycles. The van der Waals surface area contributed by atoms with Crippen LogP contribution in [-0.2, 0) is 14.3 Å². The van der Waals surface area contributed by atoms with E-state index in [-0.39, 0.29) is 17.5 Å². The van der Waals surface area contributed by atoms with E-state index in [4.69, 9.17) is 9.47 Å². The molecule has 0 aliphatic carbocycles. The van der Waals surface area contributed by atoms with Crippen molar-refractivity contribution >= 4 is 5.97 Å².